The van der Waals surface area contributed by atoms with Crippen LogP contribution in [-0.4, -0.2) is 37.3 Å². The minimum Gasteiger partial charge on any atom is -0.314 e. The molecule has 2 nitrogen and oxygen atoms in total. The second kappa shape index (κ2) is 5.64. The maximum absolute atomic E-state index is 13.4. The first-order valence-corrected chi connectivity index (χ1v) is 6.24. The van der Waals surface area contributed by atoms with E-state index in [0.29, 0.717) is 13.1 Å². The molecule has 2 rings (SSSR count). The summed E-state index contributed by atoms with van der Waals surface area (Å²) in [6, 6.07) is 1.46. The molecule has 0 radical (unpaired) electrons. The quantitative estimate of drug-likeness (QED) is 0.844. The summed E-state index contributed by atoms with van der Waals surface area (Å²) in [5.41, 5.74) is -0.115. The summed E-state index contributed by atoms with van der Waals surface area (Å²) in [5, 5.41) is 2.81. The third-order valence-corrected chi connectivity index (χ3v) is 3.39. The molecule has 0 unspecified atom stereocenters. The summed E-state index contributed by atoms with van der Waals surface area (Å²) < 4.78 is 53.0. The average molecular weight is 297 g/mol. The molecule has 0 aromatic heterocycles. The Morgan fingerprint density at radius 3 is 2.37 bits per heavy atom. The lowest BCUT2D eigenvalue weighted by molar-refractivity contribution is -0.187. The molecular formula is C12H13ClF4N2. The molecule has 106 valence electrons. The van der Waals surface area contributed by atoms with E-state index in [9.17, 15) is 17.6 Å². The first-order valence-electron chi connectivity index (χ1n) is 5.86. The topological polar surface area (TPSA) is 15.3 Å². The van der Waals surface area contributed by atoms with Gasteiger partial charge in [0, 0.05) is 26.2 Å². The summed E-state index contributed by atoms with van der Waals surface area (Å²) in [4.78, 5) is 1.30. The molecule has 7 heteroatoms. The number of rotatable bonds is 2. The van der Waals surface area contributed by atoms with Crippen molar-refractivity contribution < 1.29 is 17.6 Å². The van der Waals surface area contributed by atoms with Gasteiger partial charge in [-0.2, -0.15) is 13.2 Å². The summed E-state index contributed by atoms with van der Waals surface area (Å²) >= 11 is 5.51. The van der Waals surface area contributed by atoms with Crippen LogP contribution < -0.4 is 5.32 Å². The zero-order valence-electron chi connectivity index (χ0n) is 9.97. The molecule has 1 fully saturated rings. The van der Waals surface area contributed by atoms with Crippen molar-refractivity contribution >= 4 is 11.6 Å². The molecule has 0 saturated carbocycles. The van der Waals surface area contributed by atoms with Crippen molar-refractivity contribution in [3.63, 3.8) is 0 Å². The lowest BCUT2D eigenvalue weighted by Gasteiger charge is -2.36. The summed E-state index contributed by atoms with van der Waals surface area (Å²) in [6.07, 6.45) is -4.45. The third kappa shape index (κ3) is 3.38. The number of hydrogen-bond donors (Lipinski definition) is 1. The molecule has 1 aromatic rings. The van der Waals surface area contributed by atoms with Crippen molar-refractivity contribution in [2.45, 2.75) is 12.2 Å². The van der Waals surface area contributed by atoms with E-state index in [4.69, 9.17) is 11.6 Å². The molecule has 1 saturated heterocycles. The first-order chi connectivity index (χ1) is 8.89. The number of nitrogens with zero attached hydrogens (tertiary/aromatic N) is 1. The van der Waals surface area contributed by atoms with Gasteiger partial charge in [0.2, 0.25) is 0 Å². The van der Waals surface area contributed by atoms with E-state index in [1.165, 1.54) is 11.0 Å². The van der Waals surface area contributed by atoms with Crippen LogP contribution in [0.1, 0.15) is 11.6 Å². The number of alkyl halides is 3. The van der Waals surface area contributed by atoms with Crippen molar-refractivity contribution in [3.8, 4) is 0 Å². The Morgan fingerprint density at radius 2 is 1.84 bits per heavy atom. The van der Waals surface area contributed by atoms with Crippen LogP contribution in [0.15, 0.2) is 18.2 Å². The molecule has 1 N–H and O–H groups in total. The van der Waals surface area contributed by atoms with Crippen LogP contribution in [0.3, 0.4) is 0 Å². The van der Waals surface area contributed by atoms with Crippen LogP contribution in [0.2, 0.25) is 5.02 Å². The summed E-state index contributed by atoms with van der Waals surface area (Å²) in [7, 11) is 0. The molecule has 1 aliphatic heterocycles. The van der Waals surface area contributed by atoms with Crippen molar-refractivity contribution in [2.75, 3.05) is 26.2 Å². The zero-order valence-corrected chi connectivity index (χ0v) is 10.7. The second-order valence-electron chi connectivity index (χ2n) is 4.40. The number of halogens is 5. The van der Waals surface area contributed by atoms with Gasteiger partial charge in [0.15, 0.2) is 0 Å². The standard InChI is InChI=1S/C12H13ClF4N2/c13-9-2-1-8(7-10(9)14)11(12(15,16)17)19-5-3-18-4-6-19/h1-2,7,11,18H,3-6H2/t11-/m1/s1. The van der Waals surface area contributed by atoms with Crippen LogP contribution in [-0.2, 0) is 0 Å². The van der Waals surface area contributed by atoms with Crippen LogP contribution in [0.5, 0.6) is 0 Å². The van der Waals surface area contributed by atoms with Crippen LogP contribution in [0, 0.1) is 5.82 Å². The highest BCUT2D eigenvalue weighted by atomic mass is 35.5. The van der Waals surface area contributed by atoms with Gasteiger partial charge in [0.25, 0.3) is 0 Å². The lowest BCUT2D eigenvalue weighted by atomic mass is 10.0. The monoisotopic (exact) mass is 296 g/mol. The van der Waals surface area contributed by atoms with E-state index >= 15 is 0 Å². The highest BCUT2D eigenvalue weighted by Gasteiger charge is 2.45. The Bertz CT molecular complexity index is 444. The Kier molecular flexibility index (Phi) is 4.32. The van der Waals surface area contributed by atoms with Crippen molar-refractivity contribution in [3.05, 3.63) is 34.6 Å². The van der Waals surface area contributed by atoms with Gasteiger partial charge < -0.3 is 5.32 Å². The largest absolute Gasteiger partial charge is 0.408 e. The number of piperazine rings is 1. The van der Waals surface area contributed by atoms with Gasteiger partial charge in [-0.25, -0.2) is 4.39 Å². The fraction of sp³-hybridized carbons (Fsp3) is 0.500. The normalized spacial score (nSPS) is 19.4. The predicted molar refractivity (Wildman–Crippen MR) is 64.6 cm³/mol. The van der Waals surface area contributed by atoms with E-state index in [2.05, 4.69) is 5.32 Å². The Morgan fingerprint density at radius 1 is 1.21 bits per heavy atom. The van der Waals surface area contributed by atoms with E-state index < -0.39 is 18.0 Å². The van der Waals surface area contributed by atoms with E-state index in [1.807, 2.05) is 0 Å². The second-order valence-corrected chi connectivity index (χ2v) is 4.81. The van der Waals surface area contributed by atoms with E-state index in [1.54, 1.807) is 0 Å². The first kappa shape index (κ1) is 14.6. The number of benzene rings is 1. The van der Waals surface area contributed by atoms with Crippen LogP contribution in [0.4, 0.5) is 17.6 Å². The number of hydrogen-bond acceptors (Lipinski definition) is 2. The fourth-order valence-corrected chi connectivity index (χ4v) is 2.35. The minimum absolute atomic E-state index is 0.115. The van der Waals surface area contributed by atoms with Crippen molar-refractivity contribution in [2.24, 2.45) is 0 Å². The lowest BCUT2D eigenvalue weighted by Crippen LogP contribution is -2.49. The van der Waals surface area contributed by atoms with Crippen LogP contribution >= 0.6 is 11.6 Å². The Labute approximate surface area is 113 Å². The minimum atomic E-state index is -4.45. The van der Waals surface area contributed by atoms with Crippen molar-refractivity contribution in [1.82, 2.24) is 10.2 Å². The number of nitrogens with one attached hydrogen (secondary N) is 1. The van der Waals surface area contributed by atoms with Gasteiger partial charge in [0.1, 0.15) is 11.9 Å². The molecule has 1 heterocycles. The van der Waals surface area contributed by atoms with Gasteiger partial charge in [-0.05, 0) is 17.7 Å². The molecule has 1 atom stereocenters. The van der Waals surface area contributed by atoms with Crippen LogP contribution in [0.25, 0.3) is 0 Å². The van der Waals surface area contributed by atoms with Gasteiger partial charge in [-0.3, -0.25) is 4.90 Å². The van der Waals surface area contributed by atoms with Crippen molar-refractivity contribution in [1.29, 1.82) is 0 Å². The molecular weight excluding hydrogens is 284 g/mol. The maximum Gasteiger partial charge on any atom is 0.408 e. The zero-order chi connectivity index (χ0) is 14.0. The highest BCUT2D eigenvalue weighted by molar-refractivity contribution is 6.30. The average Bonchev–Trinajstić information content (AvgIpc) is 2.34. The fourth-order valence-electron chi connectivity index (χ4n) is 2.23. The molecule has 0 bridgehead atoms. The van der Waals surface area contributed by atoms with Gasteiger partial charge >= 0.3 is 6.18 Å². The van der Waals surface area contributed by atoms with E-state index in [-0.39, 0.29) is 23.7 Å². The maximum atomic E-state index is 13.4. The SMILES string of the molecule is Fc1cc([C@@H](N2CCNCC2)C(F)(F)F)ccc1Cl. The smallest absolute Gasteiger partial charge is 0.314 e. The molecule has 0 aliphatic carbocycles. The van der Waals surface area contributed by atoms with Gasteiger partial charge in [-0.1, -0.05) is 17.7 Å². The molecule has 1 aliphatic rings. The molecule has 19 heavy (non-hydrogen) atoms. The Balaban J connectivity index is 2.33. The molecule has 0 spiro atoms. The van der Waals surface area contributed by atoms with E-state index in [0.717, 1.165) is 12.1 Å². The molecule has 0 amide bonds. The van der Waals surface area contributed by atoms with Gasteiger partial charge in [-0.15, -0.1) is 0 Å². The third-order valence-electron chi connectivity index (χ3n) is 3.09. The summed E-state index contributed by atoms with van der Waals surface area (Å²) in [5.74, 6) is -0.830. The highest BCUT2D eigenvalue weighted by Crippen LogP contribution is 2.38. The van der Waals surface area contributed by atoms with Gasteiger partial charge in [0.05, 0.1) is 5.02 Å². The molecule has 1 aromatic carbocycles. The predicted octanol–water partition coefficient (Wildman–Crippen LogP) is 2.99. The summed E-state index contributed by atoms with van der Waals surface area (Å²) in [6.45, 7) is 1.52. The Hall–Kier alpha value is -0.850.